The van der Waals surface area contributed by atoms with Crippen LogP contribution < -0.4 is 0 Å². The molecule has 2 heterocycles. The summed E-state index contributed by atoms with van der Waals surface area (Å²) in [6.07, 6.45) is -0.880. The van der Waals surface area contributed by atoms with E-state index in [2.05, 4.69) is 0 Å². The number of alkyl halides is 4. The minimum absolute atomic E-state index is 0.255. The second-order valence-electron chi connectivity index (χ2n) is 4.05. The third-order valence-corrected chi connectivity index (χ3v) is 4.13. The molecule has 2 fully saturated rings. The van der Waals surface area contributed by atoms with Crippen molar-refractivity contribution in [1.29, 1.82) is 0 Å². The molecule has 0 bridgehead atoms. The maximum atomic E-state index is 6.15. The highest BCUT2D eigenvalue weighted by Gasteiger charge is 2.66. The number of fused-ring (bicyclic) bond motifs is 1. The Morgan fingerprint density at radius 3 is 2.33 bits per heavy atom. The molecule has 0 aromatic rings. The molecule has 0 unspecified atom stereocenters. The number of halogens is 4. The van der Waals surface area contributed by atoms with Gasteiger partial charge in [0.15, 0.2) is 5.79 Å². The minimum Gasteiger partial charge on any atom is -0.350 e. The molecule has 3 atom stereocenters. The highest BCUT2D eigenvalue weighted by atomic mass is 35.6. The molecular weight excluding hydrogens is 286 g/mol. The Kier molecular flexibility index (Phi) is 2.93. The Hall–Kier alpha value is 1.04. The molecule has 88 valence electrons. The van der Waals surface area contributed by atoms with Gasteiger partial charge in [0.05, 0.1) is 6.61 Å². The summed E-state index contributed by atoms with van der Waals surface area (Å²) in [5.41, 5.74) is 0. The first-order valence-electron chi connectivity index (χ1n) is 4.41. The quantitative estimate of drug-likeness (QED) is 0.643. The van der Waals surface area contributed by atoms with Crippen molar-refractivity contribution >= 4 is 46.4 Å². The predicted molar refractivity (Wildman–Crippen MR) is 58.7 cm³/mol. The summed E-state index contributed by atoms with van der Waals surface area (Å²) in [5.74, 6) is -0.727. The smallest absolute Gasteiger partial charge is 0.235 e. The van der Waals surface area contributed by atoms with Crippen molar-refractivity contribution in [2.24, 2.45) is 0 Å². The number of hydrogen-bond acceptors (Lipinski definition) is 3. The van der Waals surface area contributed by atoms with Crippen molar-refractivity contribution in [2.45, 2.75) is 40.7 Å². The van der Waals surface area contributed by atoms with Gasteiger partial charge in [-0.25, -0.2) is 0 Å². The molecule has 0 aliphatic carbocycles. The van der Waals surface area contributed by atoms with E-state index in [4.69, 9.17) is 60.6 Å². The first-order chi connectivity index (χ1) is 6.66. The van der Waals surface area contributed by atoms with Crippen LogP contribution in [0.2, 0.25) is 0 Å². The van der Waals surface area contributed by atoms with Crippen LogP contribution in [-0.4, -0.2) is 33.5 Å². The summed E-state index contributed by atoms with van der Waals surface area (Å²) in [5, 5.41) is -1.49. The summed E-state index contributed by atoms with van der Waals surface area (Å²) in [4.78, 5) is 0. The lowest BCUT2D eigenvalue weighted by molar-refractivity contribution is -0.180. The third-order valence-electron chi connectivity index (χ3n) is 2.39. The summed E-state index contributed by atoms with van der Waals surface area (Å²) in [6, 6.07) is 0. The van der Waals surface area contributed by atoms with Crippen molar-refractivity contribution in [3.8, 4) is 0 Å². The lowest BCUT2D eigenvalue weighted by Crippen LogP contribution is -2.48. The Bertz CT molecular complexity index is 278. The van der Waals surface area contributed by atoms with E-state index < -0.39 is 20.7 Å². The normalized spacial score (nSPS) is 44.4. The van der Waals surface area contributed by atoms with E-state index in [1.807, 2.05) is 0 Å². The lowest BCUT2D eigenvalue weighted by Gasteiger charge is -2.33. The van der Waals surface area contributed by atoms with Gasteiger partial charge in [0, 0.05) is 0 Å². The van der Waals surface area contributed by atoms with Crippen molar-refractivity contribution in [1.82, 2.24) is 0 Å². The van der Waals surface area contributed by atoms with Gasteiger partial charge >= 0.3 is 0 Å². The molecule has 2 aliphatic rings. The molecule has 0 radical (unpaired) electrons. The van der Waals surface area contributed by atoms with Crippen LogP contribution in [-0.2, 0) is 14.2 Å². The fourth-order valence-corrected chi connectivity index (χ4v) is 2.54. The van der Waals surface area contributed by atoms with E-state index in [0.717, 1.165) is 0 Å². The maximum Gasteiger partial charge on any atom is 0.235 e. The van der Waals surface area contributed by atoms with Crippen molar-refractivity contribution in [3.05, 3.63) is 0 Å². The van der Waals surface area contributed by atoms with Gasteiger partial charge in [-0.2, -0.15) is 0 Å². The molecule has 0 aromatic heterocycles. The summed E-state index contributed by atoms with van der Waals surface area (Å²) in [7, 11) is 0. The Morgan fingerprint density at radius 2 is 1.80 bits per heavy atom. The summed E-state index contributed by atoms with van der Waals surface area (Å²) >= 11 is 23.5. The maximum absolute atomic E-state index is 6.15. The molecule has 15 heavy (non-hydrogen) atoms. The van der Waals surface area contributed by atoms with E-state index in [1.54, 1.807) is 13.8 Å². The largest absolute Gasteiger partial charge is 0.350 e. The van der Waals surface area contributed by atoms with Crippen LogP contribution in [0.5, 0.6) is 0 Å². The van der Waals surface area contributed by atoms with E-state index in [-0.39, 0.29) is 12.7 Å². The average Bonchev–Trinajstić information content (AvgIpc) is 2.47. The first kappa shape index (κ1) is 12.5. The highest BCUT2D eigenvalue weighted by Crippen LogP contribution is 2.54. The van der Waals surface area contributed by atoms with Gasteiger partial charge in [-0.3, -0.25) is 0 Å². The Labute approximate surface area is 108 Å². The molecule has 2 rings (SSSR count). The van der Waals surface area contributed by atoms with Gasteiger partial charge < -0.3 is 14.2 Å². The molecule has 2 aliphatic heterocycles. The first-order valence-corrected chi connectivity index (χ1v) is 5.92. The van der Waals surface area contributed by atoms with E-state index in [0.29, 0.717) is 0 Å². The SMILES string of the molecule is CC1(C)O[C@@H]2[C@@H](CO[C@@]2(Cl)C(Cl)(Cl)Cl)O1. The van der Waals surface area contributed by atoms with Crippen LogP contribution in [0.4, 0.5) is 0 Å². The van der Waals surface area contributed by atoms with Crippen molar-refractivity contribution < 1.29 is 14.2 Å². The van der Waals surface area contributed by atoms with E-state index in [9.17, 15) is 0 Å². The molecule has 3 nitrogen and oxygen atoms in total. The molecule has 0 aromatic carbocycles. The van der Waals surface area contributed by atoms with E-state index >= 15 is 0 Å². The minimum atomic E-state index is -1.77. The summed E-state index contributed by atoms with van der Waals surface area (Å²) < 4.78 is 14.7. The lowest BCUT2D eigenvalue weighted by atomic mass is 10.1. The number of rotatable bonds is 0. The standard InChI is InChI=1S/C8H10Cl4O3/c1-6(2)14-4-3-13-7(9,5(4)15-6)8(10,11)12/h4-5H,3H2,1-2H3/t4-,5-,7-/m1/s1. The van der Waals surface area contributed by atoms with Crippen LogP contribution in [0.3, 0.4) is 0 Å². The zero-order valence-electron chi connectivity index (χ0n) is 8.10. The van der Waals surface area contributed by atoms with Gasteiger partial charge in [-0.15, -0.1) is 0 Å². The molecule has 0 spiro atoms. The number of ether oxygens (including phenoxy) is 3. The fraction of sp³-hybridized carbons (Fsp3) is 1.00. The van der Waals surface area contributed by atoms with Crippen LogP contribution in [0.1, 0.15) is 13.8 Å². The average molecular weight is 296 g/mol. The molecular formula is C8H10Cl4O3. The van der Waals surface area contributed by atoms with Crippen LogP contribution in [0.15, 0.2) is 0 Å². The van der Waals surface area contributed by atoms with Crippen molar-refractivity contribution in [3.63, 3.8) is 0 Å². The molecule has 0 N–H and O–H groups in total. The molecule has 7 heteroatoms. The van der Waals surface area contributed by atoms with Crippen molar-refractivity contribution in [2.75, 3.05) is 6.61 Å². The van der Waals surface area contributed by atoms with Gasteiger partial charge in [-0.05, 0) is 13.8 Å². The van der Waals surface area contributed by atoms with Crippen LogP contribution >= 0.6 is 46.4 Å². The molecule has 0 saturated carbocycles. The van der Waals surface area contributed by atoms with Gasteiger partial charge in [-0.1, -0.05) is 46.4 Å². The van der Waals surface area contributed by atoms with E-state index in [1.165, 1.54) is 0 Å². The highest BCUT2D eigenvalue weighted by molar-refractivity contribution is 6.70. The Morgan fingerprint density at radius 1 is 1.20 bits per heavy atom. The second kappa shape index (κ2) is 3.52. The Balaban J connectivity index is 2.26. The van der Waals surface area contributed by atoms with Crippen LogP contribution in [0.25, 0.3) is 0 Å². The second-order valence-corrected chi connectivity index (χ2v) is 6.89. The molecule has 2 saturated heterocycles. The van der Waals surface area contributed by atoms with Gasteiger partial charge in [0.1, 0.15) is 12.2 Å². The molecule has 0 amide bonds. The third kappa shape index (κ3) is 1.97. The topological polar surface area (TPSA) is 27.7 Å². The number of hydrogen-bond donors (Lipinski definition) is 0. The zero-order chi connectivity index (χ0) is 11.5. The summed E-state index contributed by atoms with van der Waals surface area (Å²) in [6.45, 7) is 3.81. The zero-order valence-corrected chi connectivity index (χ0v) is 11.1. The van der Waals surface area contributed by atoms with Gasteiger partial charge in [0.2, 0.25) is 8.85 Å². The van der Waals surface area contributed by atoms with Crippen LogP contribution in [0, 0.1) is 0 Å². The predicted octanol–water partition coefficient (Wildman–Crippen LogP) is 2.84. The monoisotopic (exact) mass is 294 g/mol. The fourth-order valence-electron chi connectivity index (χ4n) is 1.80. The van der Waals surface area contributed by atoms with Gasteiger partial charge in [0.25, 0.3) is 0 Å².